The summed E-state index contributed by atoms with van der Waals surface area (Å²) in [6, 6.07) is 9.22. The van der Waals surface area contributed by atoms with E-state index >= 15 is 0 Å². The fourth-order valence-electron chi connectivity index (χ4n) is 1.71. The van der Waals surface area contributed by atoms with E-state index < -0.39 is 0 Å². The number of aromatic amines is 1. The van der Waals surface area contributed by atoms with Gasteiger partial charge < -0.3 is 10.1 Å². The van der Waals surface area contributed by atoms with Crippen molar-refractivity contribution in [1.82, 2.24) is 4.98 Å². The molecule has 2 N–H and O–H groups in total. The van der Waals surface area contributed by atoms with E-state index in [1.54, 1.807) is 6.07 Å². The van der Waals surface area contributed by atoms with Crippen LogP contribution >= 0.6 is 0 Å². The van der Waals surface area contributed by atoms with Crippen LogP contribution in [0.2, 0.25) is 0 Å². The Morgan fingerprint density at radius 2 is 1.86 bits per heavy atom. The summed E-state index contributed by atoms with van der Waals surface area (Å²) in [6.07, 6.45) is 0. The summed E-state index contributed by atoms with van der Waals surface area (Å²) in [6.45, 7) is 0. The summed E-state index contributed by atoms with van der Waals surface area (Å²) in [4.78, 5) is 3.08. The molecule has 0 amide bonds. The third-order valence-corrected chi connectivity index (χ3v) is 2.34. The number of benzene rings is 2. The first-order chi connectivity index (χ1) is 7.68. The Labute approximate surface area is 83.6 Å². The molecule has 2 nitrogen and oxygen atoms in total. The van der Waals surface area contributed by atoms with Gasteiger partial charge in [0.05, 0.1) is 8.26 Å². The Morgan fingerprint density at radius 1 is 1.07 bits per heavy atom. The molecule has 2 heteroatoms. The molecule has 0 aliphatic rings. The van der Waals surface area contributed by atoms with Gasteiger partial charge in [-0.3, -0.25) is 0 Å². The number of nitrogens with one attached hydrogen (secondary N) is 1. The van der Waals surface area contributed by atoms with Crippen molar-refractivity contribution in [2.24, 2.45) is 0 Å². The SMILES string of the molecule is [2H]c1cc2c([nH]c3ccccc32)c([2H])c1O. The van der Waals surface area contributed by atoms with Gasteiger partial charge in [0.2, 0.25) is 0 Å². The minimum Gasteiger partial charge on any atom is -0.508 e. The lowest BCUT2D eigenvalue weighted by Crippen LogP contribution is -1.66. The number of hydrogen-bond donors (Lipinski definition) is 2. The molecule has 0 saturated carbocycles. The number of aromatic hydroxyl groups is 1. The van der Waals surface area contributed by atoms with Crippen LogP contribution in [0.3, 0.4) is 0 Å². The predicted octanol–water partition coefficient (Wildman–Crippen LogP) is 3.03. The monoisotopic (exact) mass is 185 g/mol. The van der Waals surface area contributed by atoms with Crippen molar-refractivity contribution >= 4 is 21.8 Å². The molecule has 0 bridgehead atoms. The predicted molar refractivity (Wildman–Crippen MR) is 57.5 cm³/mol. The number of para-hydroxylation sites is 1. The smallest absolute Gasteiger partial charge is 0.117 e. The lowest BCUT2D eigenvalue weighted by atomic mass is 10.1. The first-order valence-electron chi connectivity index (χ1n) is 5.38. The highest BCUT2D eigenvalue weighted by Crippen LogP contribution is 2.27. The van der Waals surface area contributed by atoms with E-state index in [0.29, 0.717) is 5.52 Å². The summed E-state index contributed by atoms with van der Waals surface area (Å²) in [7, 11) is 0. The van der Waals surface area contributed by atoms with E-state index in [0.717, 1.165) is 16.3 Å². The molecule has 0 atom stereocenters. The maximum Gasteiger partial charge on any atom is 0.117 e. The first-order valence-corrected chi connectivity index (χ1v) is 4.38. The van der Waals surface area contributed by atoms with Crippen molar-refractivity contribution in [1.29, 1.82) is 0 Å². The Bertz CT molecular complexity index is 703. The number of hydrogen-bond acceptors (Lipinski definition) is 1. The van der Waals surface area contributed by atoms with E-state index in [2.05, 4.69) is 4.98 Å². The number of fused-ring (bicyclic) bond motifs is 3. The maximum absolute atomic E-state index is 9.53. The van der Waals surface area contributed by atoms with Crippen molar-refractivity contribution < 1.29 is 7.85 Å². The summed E-state index contributed by atoms with van der Waals surface area (Å²) in [5.74, 6) is -0.279. The van der Waals surface area contributed by atoms with Crippen LogP contribution in [0.5, 0.6) is 5.75 Å². The standard InChI is InChI=1S/C12H9NO/c14-8-5-6-10-9-3-1-2-4-11(9)13-12(10)7-8/h1-7,13-14H/i5D,7D. The summed E-state index contributed by atoms with van der Waals surface area (Å²) in [5.41, 5.74) is 1.49. The van der Waals surface area contributed by atoms with Gasteiger partial charge in [-0.05, 0) is 18.2 Å². The average Bonchev–Trinajstić information content (AvgIpc) is 2.65. The molecule has 0 aliphatic carbocycles. The van der Waals surface area contributed by atoms with Crippen LogP contribution in [0.25, 0.3) is 21.8 Å². The molecule has 0 unspecified atom stereocenters. The molecule has 0 saturated heterocycles. The highest BCUT2D eigenvalue weighted by molar-refractivity contribution is 6.07. The molecule has 0 aliphatic heterocycles. The van der Waals surface area contributed by atoms with Crippen LogP contribution in [-0.2, 0) is 0 Å². The number of phenolic OH excluding ortho intramolecular Hbond substituents is 1. The Hall–Kier alpha value is -1.96. The van der Waals surface area contributed by atoms with Gasteiger partial charge in [0.25, 0.3) is 0 Å². The van der Waals surface area contributed by atoms with Crippen LogP contribution in [0, 0.1) is 0 Å². The Kier molecular flexibility index (Phi) is 1.02. The minimum atomic E-state index is -0.279. The quantitative estimate of drug-likeness (QED) is 0.555. The van der Waals surface area contributed by atoms with Gasteiger partial charge >= 0.3 is 0 Å². The largest absolute Gasteiger partial charge is 0.508 e. The summed E-state index contributed by atoms with van der Waals surface area (Å²) >= 11 is 0. The van der Waals surface area contributed by atoms with E-state index in [1.165, 1.54) is 0 Å². The van der Waals surface area contributed by atoms with E-state index in [-0.39, 0.29) is 17.8 Å². The highest BCUT2D eigenvalue weighted by atomic mass is 16.3. The molecule has 68 valence electrons. The molecule has 0 spiro atoms. The van der Waals surface area contributed by atoms with Crippen LogP contribution in [-0.4, -0.2) is 10.1 Å². The van der Waals surface area contributed by atoms with Gasteiger partial charge in [-0.1, -0.05) is 18.2 Å². The topological polar surface area (TPSA) is 36.0 Å². The fraction of sp³-hybridized carbons (Fsp3) is 0. The number of aromatic nitrogens is 1. The van der Waals surface area contributed by atoms with Crippen LogP contribution < -0.4 is 0 Å². The van der Waals surface area contributed by atoms with Crippen molar-refractivity contribution in [2.75, 3.05) is 0 Å². The van der Waals surface area contributed by atoms with E-state index in [4.69, 9.17) is 2.74 Å². The van der Waals surface area contributed by atoms with Crippen LogP contribution in [0.4, 0.5) is 0 Å². The number of phenols is 1. The zero-order valence-electron chi connectivity index (χ0n) is 9.33. The second-order valence-corrected chi connectivity index (χ2v) is 3.22. The zero-order chi connectivity index (χ0) is 11.3. The molecule has 2 aromatic carbocycles. The highest BCUT2D eigenvalue weighted by Gasteiger charge is 2.02. The van der Waals surface area contributed by atoms with Gasteiger partial charge in [-0.25, -0.2) is 0 Å². The van der Waals surface area contributed by atoms with Crippen LogP contribution in [0.15, 0.2) is 42.4 Å². The molecule has 1 aromatic heterocycles. The number of rotatable bonds is 0. The van der Waals surface area contributed by atoms with E-state index in [1.807, 2.05) is 24.3 Å². The lowest BCUT2D eigenvalue weighted by Gasteiger charge is -1.91. The minimum absolute atomic E-state index is 0.0118. The molecule has 0 fully saturated rings. The normalized spacial score (nSPS) is 13.1. The second kappa shape index (κ2) is 2.51. The zero-order valence-corrected chi connectivity index (χ0v) is 7.33. The Morgan fingerprint density at radius 3 is 2.79 bits per heavy atom. The molecule has 3 aromatic rings. The van der Waals surface area contributed by atoms with Gasteiger partial charge in [0, 0.05) is 22.3 Å². The van der Waals surface area contributed by atoms with Crippen molar-refractivity contribution in [3.05, 3.63) is 42.4 Å². The third kappa shape index (κ3) is 0.909. The van der Waals surface area contributed by atoms with Crippen LogP contribution in [0.1, 0.15) is 2.74 Å². The van der Waals surface area contributed by atoms with Crippen molar-refractivity contribution in [3.8, 4) is 5.75 Å². The Balaban J connectivity index is 2.60. The molecule has 1 heterocycles. The van der Waals surface area contributed by atoms with E-state index in [9.17, 15) is 5.11 Å². The fourth-order valence-corrected chi connectivity index (χ4v) is 1.71. The van der Waals surface area contributed by atoms with Gasteiger partial charge in [0.1, 0.15) is 5.75 Å². The summed E-state index contributed by atoms with van der Waals surface area (Å²) < 4.78 is 15.3. The van der Waals surface area contributed by atoms with Gasteiger partial charge in [-0.2, -0.15) is 0 Å². The molecule has 14 heavy (non-hydrogen) atoms. The molecular weight excluding hydrogens is 174 g/mol. The third-order valence-electron chi connectivity index (χ3n) is 2.34. The van der Waals surface area contributed by atoms with Crippen molar-refractivity contribution in [3.63, 3.8) is 0 Å². The maximum atomic E-state index is 9.53. The summed E-state index contributed by atoms with van der Waals surface area (Å²) in [5, 5.41) is 11.3. The lowest BCUT2D eigenvalue weighted by molar-refractivity contribution is 0.476. The van der Waals surface area contributed by atoms with Crippen molar-refractivity contribution in [2.45, 2.75) is 0 Å². The first kappa shape index (κ1) is 5.70. The van der Waals surface area contributed by atoms with Gasteiger partial charge in [0.15, 0.2) is 0 Å². The second-order valence-electron chi connectivity index (χ2n) is 3.22. The number of H-pyrrole nitrogens is 1. The average molecular weight is 185 g/mol. The molecule has 0 radical (unpaired) electrons. The molecular formula is C12H9NO. The molecule has 3 rings (SSSR count). The van der Waals surface area contributed by atoms with Gasteiger partial charge in [-0.15, -0.1) is 0 Å².